The molecule has 3 fully saturated rings. The minimum atomic E-state index is -4.40. The summed E-state index contributed by atoms with van der Waals surface area (Å²) < 4.78 is 47.5. The summed E-state index contributed by atoms with van der Waals surface area (Å²) in [7, 11) is 0. The Kier molecular flexibility index (Phi) is 2.49. The largest absolute Gasteiger partial charge is 0.454 e. The Morgan fingerprint density at radius 3 is 2.61 bits per heavy atom. The molecule has 0 amide bonds. The van der Waals surface area contributed by atoms with Crippen LogP contribution in [-0.4, -0.2) is 39.7 Å². The molecule has 4 aliphatic rings. The third-order valence-electron chi connectivity index (χ3n) is 5.59. The summed E-state index contributed by atoms with van der Waals surface area (Å²) in [5.74, 6) is 0.468. The zero-order valence-corrected chi connectivity index (χ0v) is 12.4. The highest BCUT2D eigenvalue weighted by Gasteiger charge is 2.53. The zero-order valence-electron chi connectivity index (χ0n) is 12.4. The van der Waals surface area contributed by atoms with E-state index < -0.39 is 11.7 Å². The number of nitrogens with zero attached hydrogens (tertiary/aromatic N) is 3. The molecule has 5 heterocycles. The third kappa shape index (κ3) is 1.80. The Labute approximate surface area is 130 Å². The van der Waals surface area contributed by atoms with Gasteiger partial charge in [-0.25, -0.2) is 0 Å². The summed E-state index contributed by atoms with van der Waals surface area (Å²) in [6, 6.07) is 4.56. The average Bonchev–Trinajstić information content (AvgIpc) is 3.01. The molecule has 1 aromatic heterocycles. The summed E-state index contributed by atoms with van der Waals surface area (Å²) in [5.41, 5.74) is -0.487. The first-order valence-electron chi connectivity index (χ1n) is 7.94. The molecule has 0 saturated carbocycles. The fourth-order valence-corrected chi connectivity index (χ4v) is 4.49. The number of aromatic nitrogens is 2. The second-order valence-corrected chi connectivity index (χ2v) is 6.87. The van der Waals surface area contributed by atoms with Crippen LogP contribution < -0.4 is 4.74 Å². The molecular formula is C16H16F3N3O. The van der Waals surface area contributed by atoms with E-state index in [0.717, 1.165) is 38.5 Å². The minimum absolute atomic E-state index is 0.00822. The Morgan fingerprint density at radius 1 is 1.17 bits per heavy atom. The number of hydrogen-bond donors (Lipinski definition) is 0. The van der Waals surface area contributed by atoms with Crippen molar-refractivity contribution in [2.24, 2.45) is 5.92 Å². The van der Waals surface area contributed by atoms with Crippen LogP contribution in [-0.2, 0) is 12.7 Å². The molecule has 0 N–H and O–H groups in total. The van der Waals surface area contributed by atoms with Crippen LogP contribution in [0.3, 0.4) is 0 Å². The Balaban J connectivity index is 1.60. The van der Waals surface area contributed by atoms with Gasteiger partial charge in [0.1, 0.15) is 11.1 Å². The number of halogens is 3. The van der Waals surface area contributed by atoms with Gasteiger partial charge >= 0.3 is 6.18 Å². The van der Waals surface area contributed by atoms with E-state index in [2.05, 4.69) is 9.88 Å². The highest BCUT2D eigenvalue weighted by atomic mass is 19.4. The van der Waals surface area contributed by atoms with Gasteiger partial charge in [0.15, 0.2) is 0 Å². The fraction of sp³-hybridized carbons (Fsp3) is 0.562. The van der Waals surface area contributed by atoms with Gasteiger partial charge in [-0.15, -0.1) is 0 Å². The van der Waals surface area contributed by atoms with E-state index >= 15 is 0 Å². The van der Waals surface area contributed by atoms with E-state index in [0.29, 0.717) is 24.0 Å². The molecule has 2 aromatic rings. The van der Waals surface area contributed by atoms with Crippen molar-refractivity contribution in [3.05, 3.63) is 23.8 Å². The van der Waals surface area contributed by atoms with Gasteiger partial charge in [0, 0.05) is 12.5 Å². The summed E-state index contributed by atoms with van der Waals surface area (Å²) in [4.78, 5) is 6.58. The van der Waals surface area contributed by atoms with Crippen molar-refractivity contribution in [1.82, 2.24) is 14.5 Å². The monoisotopic (exact) mass is 323 g/mol. The summed E-state index contributed by atoms with van der Waals surface area (Å²) in [6.45, 7) is 3.64. The smallest absolute Gasteiger partial charge is 0.418 e. The molecule has 1 aromatic carbocycles. The van der Waals surface area contributed by atoms with Gasteiger partial charge in [-0.2, -0.15) is 18.2 Å². The van der Waals surface area contributed by atoms with Gasteiger partial charge in [0.2, 0.25) is 0 Å². The summed E-state index contributed by atoms with van der Waals surface area (Å²) in [5, 5.41) is 0. The maximum Gasteiger partial charge on any atom is 0.418 e. The van der Waals surface area contributed by atoms with Gasteiger partial charge in [0.05, 0.1) is 17.6 Å². The van der Waals surface area contributed by atoms with Crippen LogP contribution in [0.4, 0.5) is 13.2 Å². The average molecular weight is 323 g/mol. The molecule has 4 aliphatic heterocycles. The predicted molar refractivity (Wildman–Crippen MR) is 77.3 cm³/mol. The minimum Gasteiger partial charge on any atom is -0.454 e. The van der Waals surface area contributed by atoms with Gasteiger partial charge in [-0.3, -0.25) is 9.47 Å². The number of fused-ring (bicyclic) bond motifs is 5. The van der Waals surface area contributed by atoms with Crippen molar-refractivity contribution in [2.75, 3.05) is 19.6 Å². The molecule has 3 saturated heterocycles. The molecule has 122 valence electrons. The van der Waals surface area contributed by atoms with Gasteiger partial charge in [-0.05, 0) is 38.1 Å². The van der Waals surface area contributed by atoms with Crippen LogP contribution in [0.2, 0.25) is 0 Å². The normalized spacial score (nSPS) is 32.5. The molecular weight excluding hydrogens is 307 g/mol. The molecule has 23 heavy (non-hydrogen) atoms. The van der Waals surface area contributed by atoms with Gasteiger partial charge in [-0.1, -0.05) is 6.07 Å². The van der Waals surface area contributed by atoms with Crippen molar-refractivity contribution >= 4 is 11.0 Å². The van der Waals surface area contributed by atoms with Crippen molar-refractivity contribution in [3.63, 3.8) is 0 Å². The molecule has 6 rings (SSSR count). The number of ether oxygens (including phenoxy) is 1. The second-order valence-electron chi connectivity index (χ2n) is 6.87. The Bertz CT molecular complexity index is 792. The molecule has 1 spiro atoms. The lowest BCUT2D eigenvalue weighted by Gasteiger charge is -2.50. The standard InChI is InChI=1S/C16H16F3N3O/c17-16(18,19)11-2-1-3-12-13(11)20-14-22(12)9-15(23-14)8-21-6-4-10(15)5-7-21/h1-3,10H,4-9H2/t15-/m0/s1. The first kappa shape index (κ1) is 13.7. The van der Waals surface area contributed by atoms with Crippen LogP contribution in [0, 0.1) is 5.92 Å². The van der Waals surface area contributed by atoms with Crippen LogP contribution in [0.1, 0.15) is 18.4 Å². The van der Waals surface area contributed by atoms with E-state index in [1.54, 1.807) is 6.07 Å². The second kappa shape index (κ2) is 4.20. The number of hydrogen-bond acceptors (Lipinski definition) is 3. The van der Waals surface area contributed by atoms with Gasteiger partial charge in [0.25, 0.3) is 6.01 Å². The summed E-state index contributed by atoms with van der Waals surface area (Å²) >= 11 is 0. The van der Waals surface area contributed by atoms with Crippen molar-refractivity contribution in [2.45, 2.75) is 31.2 Å². The Hall–Kier alpha value is -1.76. The fourth-order valence-electron chi connectivity index (χ4n) is 4.49. The van der Waals surface area contributed by atoms with E-state index in [9.17, 15) is 13.2 Å². The number of alkyl halides is 3. The lowest BCUT2D eigenvalue weighted by molar-refractivity contribution is -0.136. The molecule has 1 atom stereocenters. The SMILES string of the molecule is FC(F)(F)c1cccc2c1nc1n2C[C@]2(CN3CCC2CC3)O1. The molecule has 7 heteroatoms. The van der Waals surface area contributed by atoms with Crippen molar-refractivity contribution in [1.29, 1.82) is 0 Å². The number of para-hydroxylation sites is 1. The Morgan fingerprint density at radius 2 is 1.96 bits per heavy atom. The zero-order chi connectivity index (χ0) is 15.8. The van der Waals surface area contributed by atoms with E-state index in [1.165, 1.54) is 6.07 Å². The highest BCUT2D eigenvalue weighted by Crippen LogP contribution is 2.46. The van der Waals surface area contributed by atoms with Crippen molar-refractivity contribution in [3.8, 4) is 6.01 Å². The third-order valence-corrected chi connectivity index (χ3v) is 5.59. The lowest BCUT2D eigenvalue weighted by atomic mass is 9.75. The molecule has 2 bridgehead atoms. The number of imidazole rings is 1. The van der Waals surface area contributed by atoms with E-state index in [1.807, 2.05) is 4.57 Å². The highest BCUT2D eigenvalue weighted by molar-refractivity contribution is 5.81. The lowest BCUT2D eigenvalue weighted by Crippen LogP contribution is -2.61. The van der Waals surface area contributed by atoms with Crippen LogP contribution in [0.25, 0.3) is 11.0 Å². The number of rotatable bonds is 0. The van der Waals surface area contributed by atoms with Gasteiger partial charge < -0.3 is 4.74 Å². The van der Waals surface area contributed by atoms with Crippen LogP contribution in [0.5, 0.6) is 6.01 Å². The maximum absolute atomic E-state index is 13.2. The van der Waals surface area contributed by atoms with Crippen LogP contribution >= 0.6 is 0 Å². The van der Waals surface area contributed by atoms with E-state index in [4.69, 9.17) is 4.74 Å². The van der Waals surface area contributed by atoms with Crippen molar-refractivity contribution < 1.29 is 17.9 Å². The topological polar surface area (TPSA) is 30.3 Å². The summed E-state index contributed by atoms with van der Waals surface area (Å²) in [6.07, 6.45) is -2.21. The maximum atomic E-state index is 13.2. The van der Waals surface area contributed by atoms with Crippen LogP contribution in [0.15, 0.2) is 18.2 Å². The molecule has 4 nitrogen and oxygen atoms in total. The molecule has 0 unspecified atom stereocenters. The number of piperidine rings is 3. The predicted octanol–water partition coefficient (Wildman–Crippen LogP) is 2.91. The molecule has 0 aliphatic carbocycles. The first-order valence-corrected chi connectivity index (χ1v) is 7.94. The number of benzene rings is 1. The van der Waals surface area contributed by atoms with E-state index in [-0.39, 0.29) is 11.1 Å². The quantitative estimate of drug-likeness (QED) is 0.747. The molecule has 0 radical (unpaired) electrons. The first-order chi connectivity index (χ1) is 11.0.